The molecule has 0 aliphatic heterocycles. The molecule has 20 heavy (non-hydrogen) atoms. The van der Waals surface area contributed by atoms with Gasteiger partial charge in [0.1, 0.15) is 11.6 Å². The minimum atomic E-state index is -0.393. The van der Waals surface area contributed by atoms with Gasteiger partial charge in [0.25, 0.3) is 0 Å². The van der Waals surface area contributed by atoms with Crippen LogP contribution in [0.15, 0.2) is 48.5 Å². The molecule has 2 aromatic rings. The molecule has 2 nitrogen and oxygen atoms in total. The number of likely N-dealkylation sites (N-methyl/N-ethyl adjacent to an activating group) is 1. The van der Waals surface area contributed by atoms with Crippen molar-refractivity contribution in [3.63, 3.8) is 0 Å². The van der Waals surface area contributed by atoms with Gasteiger partial charge < -0.3 is 4.90 Å². The SMILES string of the molecule is CCN(C(=O)Cc1ccccc1F)c1ccc(F)cc1. The van der Waals surface area contributed by atoms with Gasteiger partial charge >= 0.3 is 0 Å². The van der Waals surface area contributed by atoms with E-state index in [9.17, 15) is 13.6 Å². The number of halogens is 2. The number of hydrogen-bond donors (Lipinski definition) is 0. The zero-order chi connectivity index (χ0) is 14.5. The molecule has 0 spiro atoms. The standard InChI is InChI=1S/C16H15F2NO/c1-2-19(14-9-7-13(17)8-10-14)16(20)11-12-5-3-4-6-15(12)18/h3-10H,2,11H2,1H3. The molecular weight excluding hydrogens is 260 g/mol. The molecule has 0 unspecified atom stereocenters. The van der Waals surface area contributed by atoms with E-state index in [0.717, 1.165) is 0 Å². The van der Waals surface area contributed by atoms with Crippen molar-refractivity contribution < 1.29 is 13.6 Å². The van der Waals surface area contributed by atoms with Crippen molar-refractivity contribution in [3.05, 3.63) is 65.7 Å². The summed E-state index contributed by atoms with van der Waals surface area (Å²) < 4.78 is 26.5. The van der Waals surface area contributed by atoms with Gasteiger partial charge in [0.05, 0.1) is 6.42 Å². The van der Waals surface area contributed by atoms with E-state index in [1.54, 1.807) is 18.2 Å². The van der Waals surface area contributed by atoms with E-state index >= 15 is 0 Å². The van der Waals surface area contributed by atoms with Crippen LogP contribution in [0.2, 0.25) is 0 Å². The van der Waals surface area contributed by atoms with E-state index in [-0.39, 0.29) is 18.1 Å². The summed E-state index contributed by atoms with van der Waals surface area (Å²) in [5, 5.41) is 0. The van der Waals surface area contributed by atoms with E-state index in [1.165, 1.54) is 35.2 Å². The largest absolute Gasteiger partial charge is 0.312 e. The first-order valence-corrected chi connectivity index (χ1v) is 6.41. The van der Waals surface area contributed by atoms with Crippen LogP contribution in [0.1, 0.15) is 12.5 Å². The lowest BCUT2D eigenvalue weighted by molar-refractivity contribution is -0.118. The molecular formula is C16H15F2NO. The van der Waals surface area contributed by atoms with Crippen LogP contribution in [0.4, 0.5) is 14.5 Å². The Morgan fingerprint density at radius 3 is 2.30 bits per heavy atom. The van der Waals surface area contributed by atoms with Crippen LogP contribution in [-0.2, 0) is 11.2 Å². The highest BCUT2D eigenvalue weighted by Crippen LogP contribution is 2.17. The monoisotopic (exact) mass is 275 g/mol. The van der Waals surface area contributed by atoms with Gasteiger partial charge in [-0.25, -0.2) is 8.78 Å². The third kappa shape index (κ3) is 3.20. The molecule has 2 aromatic carbocycles. The summed E-state index contributed by atoms with van der Waals surface area (Å²) in [6.07, 6.45) is -0.0160. The molecule has 0 aliphatic rings. The Bertz CT molecular complexity index is 596. The third-order valence-corrected chi connectivity index (χ3v) is 3.06. The number of nitrogens with zero attached hydrogens (tertiary/aromatic N) is 1. The molecule has 1 amide bonds. The molecule has 0 radical (unpaired) electrons. The zero-order valence-corrected chi connectivity index (χ0v) is 11.1. The highest BCUT2D eigenvalue weighted by Gasteiger charge is 2.16. The Hall–Kier alpha value is -2.23. The predicted octanol–water partition coefficient (Wildman–Crippen LogP) is 3.56. The third-order valence-electron chi connectivity index (χ3n) is 3.06. The average Bonchev–Trinajstić information content (AvgIpc) is 2.44. The van der Waals surface area contributed by atoms with E-state index in [1.807, 2.05) is 6.92 Å². The maximum absolute atomic E-state index is 13.6. The lowest BCUT2D eigenvalue weighted by atomic mass is 10.1. The number of carbonyl (C=O) groups excluding carboxylic acids is 1. The zero-order valence-electron chi connectivity index (χ0n) is 11.1. The molecule has 0 aromatic heterocycles. The molecule has 104 valence electrons. The molecule has 4 heteroatoms. The summed E-state index contributed by atoms with van der Waals surface area (Å²) >= 11 is 0. The van der Waals surface area contributed by atoms with E-state index in [4.69, 9.17) is 0 Å². The van der Waals surface area contributed by atoms with Crippen LogP contribution in [0.25, 0.3) is 0 Å². The topological polar surface area (TPSA) is 20.3 Å². The van der Waals surface area contributed by atoms with Gasteiger partial charge in [-0.2, -0.15) is 0 Å². The van der Waals surface area contributed by atoms with Gasteiger partial charge in [-0.3, -0.25) is 4.79 Å². The summed E-state index contributed by atoms with van der Waals surface area (Å²) in [5.41, 5.74) is 0.966. The maximum Gasteiger partial charge on any atom is 0.231 e. The number of anilines is 1. The van der Waals surface area contributed by atoms with Crippen LogP contribution < -0.4 is 4.90 Å². The molecule has 0 N–H and O–H groups in total. The van der Waals surface area contributed by atoms with Crippen molar-refractivity contribution in [3.8, 4) is 0 Å². The second kappa shape index (κ2) is 6.28. The number of rotatable bonds is 4. The Morgan fingerprint density at radius 1 is 1.05 bits per heavy atom. The van der Waals surface area contributed by atoms with Crippen LogP contribution in [0.3, 0.4) is 0 Å². The second-order valence-corrected chi connectivity index (χ2v) is 4.38. The summed E-state index contributed by atoms with van der Waals surface area (Å²) in [6.45, 7) is 2.27. The number of hydrogen-bond acceptors (Lipinski definition) is 1. The van der Waals surface area contributed by atoms with Gasteiger partial charge in [-0.05, 0) is 42.8 Å². The van der Waals surface area contributed by atoms with Gasteiger partial charge in [-0.15, -0.1) is 0 Å². The first-order valence-electron chi connectivity index (χ1n) is 6.41. The van der Waals surface area contributed by atoms with Crippen LogP contribution in [0.5, 0.6) is 0 Å². The van der Waals surface area contributed by atoms with Gasteiger partial charge in [0, 0.05) is 12.2 Å². The van der Waals surface area contributed by atoms with Crippen molar-refractivity contribution in [2.24, 2.45) is 0 Å². The first-order chi connectivity index (χ1) is 9.61. The molecule has 0 aliphatic carbocycles. The number of amides is 1. The molecule has 0 fully saturated rings. The average molecular weight is 275 g/mol. The van der Waals surface area contributed by atoms with E-state index in [2.05, 4.69) is 0 Å². The van der Waals surface area contributed by atoms with Crippen LogP contribution in [0, 0.1) is 11.6 Å². The van der Waals surface area contributed by atoms with Crippen molar-refractivity contribution >= 4 is 11.6 Å². The molecule has 2 rings (SSSR count). The molecule has 0 atom stereocenters. The molecule has 0 heterocycles. The summed E-state index contributed by atoms with van der Waals surface area (Å²) in [7, 11) is 0. The Labute approximate surface area is 116 Å². The van der Waals surface area contributed by atoms with E-state index < -0.39 is 5.82 Å². The normalized spacial score (nSPS) is 10.3. The minimum Gasteiger partial charge on any atom is -0.312 e. The van der Waals surface area contributed by atoms with Crippen molar-refractivity contribution in [1.29, 1.82) is 0 Å². The quantitative estimate of drug-likeness (QED) is 0.835. The van der Waals surface area contributed by atoms with E-state index in [0.29, 0.717) is 17.8 Å². The Morgan fingerprint density at radius 2 is 1.70 bits per heavy atom. The highest BCUT2D eigenvalue weighted by atomic mass is 19.1. The fraction of sp³-hybridized carbons (Fsp3) is 0.188. The Balaban J connectivity index is 2.18. The molecule has 0 saturated carbocycles. The van der Waals surface area contributed by atoms with Gasteiger partial charge in [0.2, 0.25) is 5.91 Å². The summed E-state index contributed by atoms with van der Waals surface area (Å²) in [4.78, 5) is 13.8. The van der Waals surface area contributed by atoms with Gasteiger partial charge in [0.15, 0.2) is 0 Å². The fourth-order valence-corrected chi connectivity index (χ4v) is 2.02. The minimum absolute atomic E-state index is 0.0160. The van der Waals surface area contributed by atoms with Crippen molar-refractivity contribution in [1.82, 2.24) is 0 Å². The molecule has 0 bridgehead atoms. The van der Waals surface area contributed by atoms with Crippen molar-refractivity contribution in [2.45, 2.75) is 13.3 Å². The number of benzene rings is 2. The van der Waals surface area contributed by atoms with Crippen LogP contribution >= 0.6 is 0 Å². The Kier molecular flexibility index (Phi) is 4.45. The van der Waals surface area contributed by atoms with Crippen LogP contribution in [-0.4, -0.2) is 12.5 Å². The lowest BCUT2D eigenvalue weighted by Crippen LogP contribution is -2.32. The number of carbonyl (C=O) groups is 1. The molecule has 0 saturated heterocycles. The summed E-state index contributed by atoms with van der Waals surface area (Å²) in [6, 6.07) is 11.9. The highest BCUT2D eigenvalue weighted by molar-refractivity contribution is 5.94. The second-order valence-electron chi connectivity index (χ2n) is 4.38. The smallest absolute Gasteiger partial charge is 0.231 e. The fourth-order valence-electron chi connectivity index (χ4n) is 2.02. The predicted molar refractivity (Wildman–Crippen MR) is 74.5 cm³/mol. The van der Waals surface area contributed by atoms with Gasteiger partial charge in [-0.1, -0.05) is 18.2 Å². The summed E-state index contributed by atoms with van der Waals surface area (Å²) in [5.74, 6) is -0.966. The maximum atomic E-state index is 13.6. The first kappa shape index (κ1) is 14.2. The lowest BCUT2D eigenvalue weighted by Gasteiger charge is -2.21. The van der Waals surface area contributed by atoms with Crippen molar-refractivity contribution in [2.75, 3.05) is 11.4 Å².